The van der Waals surface area contributed by atoms with Crippen molar-refractivity contribution in [1.29, 1.82) is 0 Å². The lowest BCUT2D eigenvalue weighted by Gasteiger charge is -2.15. The number of nitrogens with zero attached hydrogens (tertiary/aromatic N) is 3. The van der Waals surface area contributed by atoms with Gasteiger partial charge in [-0.1, -0.05) is 6.92 Å². The van der Waals surface area contributed by atoms with Crippen molar-refractivity contribution in [1.82, 2.24) is 25.4 Å². The standard InChI is InChI=1S/C11H19N5O3/c1-3-8(6-10(17)18)14-11(19)12-5-4-9-13-7-16(2)15-9/h7-8H,3-6H2,1-2H3,(H,17,18)(H2,12,14,19). The Kier molecular flexibility index (Phi) is 5.77. The number of carboxylic acids is 1. The van der Waals surface area contributed by atoms with Crippen LogP contribution in [0.5, 0.6) is 0 Å². The van der Waals surface area contributed by atoms with Crippen LogP contribution in [-0.4, -0.2) is 44.5 Å². The summed E-state index contributed by atoms with van der Waals surface area (Å²) in [4.78, 5) is 26.1. The van der Waals surface area contributed by atoms with Gasteiger partial charge in [-0.2, -0.15) is 5.10 Å². The number of amides is 2. The quantitative estimate of drug-likeness (QED) is 0.641. The number of rotatable bonds is 7. The molecule has 8 heteroatoms. The van der Waals surface area contributed by atoms with Crippen LogP contribution in [0.25, 0.3) is 0 Å². The first-order chi connectivity index (χ1) is 9.01. The lowest BCUT2D eigenvalue weighted by molar-refractivity contribution is -0.137. The molecule has 0 aromatic carbocycles. The van der Waals surface area contributed by atoms with E-state index in [0.717, 1.165) is 0 Å². The zero-order valence-electron chi connectivity index (χ0n) is 11.1. The molecular formula is C11H19N5O3. The fourth-order valence-corrected chi connectivity index (χ4v) is 1.53. The van der Waals surface area contributed by atoms with E-state index in [0.29, 0.717) is 25.2 Å². The Morgan fingerprint density at radius 3 is 2.79 bits per heavy atom. The van der Waals surface area contributed by atoms with Crippen molar-refractivity contribution in [3.63, 3.8) is 0 Å². The molecule has 1 aromatic heterocycles. The zero-order chi connectivity index (χ0) is 14.3. The number of aliphatic carboxylic acids is 1. The van der Waals surface area contributed by atoms with E-state index in [1.54, 1.807) is 18.1 Å². The second-order valence-corrected chi connectivity index (χ2v) is 4.19. The fraction of sp³-hybridized carbons (Fsp3) is 0.636. The number of urea groups is 1. The number of aryl methyl sites for hydroxylation is 1. The predicted molar refractivity (Wildman–Crippen MR) is 67.6 cm³/mol. The van der Waals surface area contributed by atoms with E-state index in [4.69, 9.17) is 5.11 Å². The average molecular weight is 269 g/mol. The smallest absolute Gasteiger partial charge is 0.315 e. The molecule has 0 spiro atoms. The van der Waals surface area contributed by atoms with Crippen molar-refractivity contribution in [2.75, 3.05) is 6.54 Å². The summed E-state index contributed by atoms with van der Waals surface area (Å²) in [6, 6.07) is -0.727. The molecule has 8 nitrogen and oxygen atoms in total. The van der Waals surface area contributed by atoms with E-state index in [9.17, 15) is 9.59 Å². The SMILES string of the molecule is CCC(CC(=O)O)NC(=O)NCCc1ncn(C)n1. The van der Waals surface area contributed by atoms with Crippen LogP contribution in [-0.2, 0) is 18.3 Å². The third-order valence-corrected chi connectivity index (χ3v) is 2.53. The van der Waals surface area contributed by atoms with E-state index in [2.05, 4.69) is 20.7 Å². The second-order valence-electron chi connectivity index (χ2n) is 4.19. The molecule has 2 amide bonds. The third-order valence-electron chi connectivity index (χ3n) is 2.53. The van der Waals surface area contributed by atoms with Gasteiger partial charge in [0.15, 0.2) is 5.82 Å². The minimum atomic E-state index is -0.926. The zero-order valence-corrected chi connectivity index (χ0v) is 11.1. The third kappa shape index (κ3) is 5.84. The molecule has 1 rings (SSSR count). The monoisotopic (exact) mass is 269 g/mol. The normalized spacial score (nSPS) is 11.9. The van der Waals surface area contributed by atoms with Gasteiger partial charge in [0, 0.05) is 26.1 Å². The molecule has 106 valence electrons. The summed E-state index contributed by atoms with van der Waals surface area (Å²) in [5.41, 5.74) is 0. The van der Waals surface area contributed by atoms with E-state index in [1.165, 1.54) is 0 Å². The number of hydrogen-bond donors (Lipinski definition) is 3. The van der Waals surface area contributed by atoms with E-state index in [-0.39, 0.29) is 18.5 Å². The molecule has 0 aliphatic carbocycles. The largest absolute Gasteiger partial charge is 0.481 e. The van der Waals surface area contributed by atoms with Crippen molar-refractivity contribution >= 4 is 12.0 Å². The van der Waals surface area contributed by atoms with Crippen LogP contribution >= 0.6 is 0 Å². The van der Waals surface area contributed by atoms with Gasteiger partial charge in [-0.25, -0.2) is 9.78 Å². The summed E-state index contributed by atoms with van der Waals surface area (Å²) < 4.78 is 1.59. The summed E-state index contributed by atoms with van der Waals surface area (Å²) in [6.45, 7) is 2.23. The van der Waals surface area contributed by atoms with E-state index < -0.39 is 5.97 Å². The van der Waals surface area contributed by atoms with Gasteiger partial charge in [0.05, 0.1) is 6.42 Å². The first-order valence-electron chi connectivity index (χ1n) is 6.12. The molecule has 3 N–H and O–H groups in total. The van der Waals surface area contributed by atoms with Crippen LogP contribution in [0.15, 0.2) is 6.33 Å². The van der Waals surface area contributed by atoms with Crippen LogP contribution in [0.3, 0.4) is 0 Å². The highest BCUT2D eigenvalue weighted by Crippen LogP contribution is 1.97. The summed E-state index contributed by atoms with van der Waals surface area (Å²) in [7, 11) is 1.77. The molecule has 1 unspecified atom stereocenters. The van der Waals surface area contributed by atoms with Gasteiger partial charge in [-0.15, -0.1) is 0 Å². The van der Waals surface area contributed by atoms with Gasteiger partial charge < -0.3 is 15.7 Å². The van der Waals surface area contributed by atoms with Crippen LogP contribution in [0.1, 0.15) is 25.6 Å². The van der Waals surface area contributed by atoms with E-state index >= 15 is 0 Å². The topological polar surface area (TPSA) is 109 Å². The maximum absolute atomic E-state index is 11.5. The first-order valence-corrected chi connectivity index (χ1v) is 6.12. The Bertz CT molecular complexity index is 432. The molecule has 1 atom stereocenters. The highest BCUT2D eigenvalue weighted by Gasteiger charge is 2.13. The number of carboxylic acid groups (broad SMARTS) is 1. The molecular weight excluding hydrogens is 250 g/mol. The highest BCUT2D eigenvalue weighted by atomic mass is 16.4. The van der Waals surface area contributed by atoms with Crippen LogP contribution < -0.4 is 10.6 Å². The Hall–Kier alpha value is -2.12. The number of carbonyl (C=O) groups is 2. The molecule has 1 heterocycles. The first kappa shape index (κ1) is 14.9. The van der Waals surface area contributed by atoms with Gasteiger partial charge in [0.1, 0.15) is 6.33 Å². The Balaban J connectivity index is 2.25. The summed E-state index contributed by atoms with van der Waals surface area (Å²) in [5, 5.41) is 18.0. The fourth-order valence-electron chi connectivity index (χ4n) is 1.53. The minimum absolute atomic E-state index is 0.0777. The molecule has 0 radical (unpaired) electrons. The Morgan fingerprint density at radius 2 is 2.26 bits per heavy atom. The Morgan fingerprint density at radius 1 is 1.53 bits per heavy atom. The van der Waals surface area contributed by atoms with Crippen molar-refractivity contribution in [3.8, 4) is 0 Å². The molecule has 0 fully saturated rings. The van der Waals surface area contributed by atoms with Crippen molar-refractivity contribution < 1.29 is 14.7 Å². The van der Waals surface area contributed by atoms with Gasteiger partial charge in [-0.3, -0.25) is 9.48 Å². The summed E-state index contributed by atoms with van der Waals surface area (Å²) in [6.07, 6.45) is 2.62. The van der Waals surface area contributed by atoms with Crippen LogP contribution in [0.4, 0.5) is 4.79 Å². The highest BCUT2D eigenvalue weighted by molar-refractivity contribution is 5.75. The molecule has 1 aromatic rings. The van der Waals surface area contributed by atoms with Crippen LogP contribution in [0.2, 0.25) is 0 Å². The van der Waals surface area contributed by atoms with Gasteiger partial charge in [0.2, 0.25) is 0 Å². The van der Waals surface area contributed by atoms with Crippen molar-refractivity contribution in [3.05, 3.63) is 12.2 Å². The summed E-state index contributed by atoms with van der Waals surface area (Å²) in [5.74, 6) is -0.273. The van der Waals surface area contributed by atoms with Gasteiger partial charge >= 0.3 is 12.0 Å². The average Bonchev–Trinajstić information content (AvgIpc) is 2.73. The minimum Gasteiger partial charge on any atom is -0.481 e. The van der Waals surface area contributed by atoms with Gasteiger partial charge in [-0.05, 0) is 6.42 Å². The molecule has 0 bridgehead atoms. The lowest BCUT2D eigenvalue weighted by Crippen LogP contribution is -2.43. The lowest BCUT2D eigenvalue weighted by atomic mass is 10.1. The maximum Gasteiger partial charge on any atom is 0.315 e. The predicted octanol–water partition coefficient (Wildman–Crippen LogP) is -0.0899. The number of carbonyl (C=O) groups excluding carboxylic acids is 1. The molecule has 0 saturated heterocycles. The molecule has 0 saturated carbocycles. The van der Waals surface area contributed by atoms with Crippen molar-refractivity contribution in [2.45, 2.75) is 32.2 Å². The van der Waals surface area contributed by atoms with E-state index in [1.807, 2.05) is 6.92 Å². The summed E-state index contributed by atoms with van der Waals surface area (Å²) >= 11 is 0. The van der Waals surface area contributed by atoms with Crippen molar-refractivity contribution in [2.24, 2.45) is 7.05 Å². The second kappa shape index (κ2) is 7.34. The Labute approximate surface area is 111 Å². The molecule has 19 heavy (non-hydrogen) atoms. The number of aromatic nitrogens is 3. The molecule has 0 aliphatic rings. The molecule has 0 aliphatic heterocycles. The van der Waals surface area contributed by atoms with Crippen LogP contribution in [0, 0.1) is 0 Å². The number of nitrogens with one attached hydrogen (secondary N) is 2. The maximum atomic E-state index is 11.5. The van der Waals surface area contributed by atoms with Gasteiger partial charge in [0.25, 0.3) is 0 Å². The number of hydrogen-bond acceptors (Lipinski definition) is 4.